The molecular formula is C21H21Cl2N5O2S. The Morgan fingerprint density at radius 3 is 2.48 bits per heavy atom. The molecule has 0 aliphatic rings. The molecule has 2 amide bonds. The maximum absolute atomic E-state index is 12.5. The van der Waals surface area contributed by atoms with E-state index in [1.165, 1.54) is 17.8 Å². The van der Waals surface area contributed by atoms with Crippen LogP contribution >= 0.6 is 35.0 Å². The summed E-state index contributed by atoms with van der Waals surface area (Å²) >= 11 is 13.1. The molecule has 1 aromatic heterocycles. The molecule has 0 radical (unpaired) electrons. The quantitative estimate of drug-likeness (QED) is 0.483. The van der Waals surface area contributed by atoms with Crippen molar-refractivity contribution >= 4 is 52.5 Å². The molecule has 7 nitrogen and oxygen atoms in total. The summed E-state index contributed by atoms with van der Waals surface area (Å²) in [6.07, 6.45) is 0. The molecule has 3 aromatic rings. The highest BCUT2D eigenvalue weighted by atomic mass is 35.5. The van der Waals surface area contributed by atoms with Gasteiger partial charge in [-0.05, 0) is 44.2 Å². The Bertz CT molecular complexity index is 1100. The van der Waals surface area contributed by atoms with Gasteiger partial charge in [0.1, 0.15) is 0 Å². The monoisotopic (exact) mass is 477 g/mol. The van der Waals surface area contributed by atoms with Gasteiger partial charge in [-0.3, -0.25) is 9.59 Å². The van der Waals surface area contributed by atoms with Crippen molar-refractivity contribution in [3.63, 3.8) is 0 Å². The highest BCUT2D eigenvalue weighted by molar-refractivity contribution is 7.99. The van der Waals surface area contributed by atoms with Gasteiger partial charge in [0, 0.05) is 18.3 Å². The van der Waals surface area contributed by atoms with Crippen molar-refractivity contribution in [2.75, 3.05) is 11.1 Å². The molecule has 0 saturated heterocycles. The summed E-state index contributed by atoms with van der Waals surface area (Å²) in [4.78, 5) is 24.7. The molecule has 1 atom stereocenters. The van der Waals surface area contributed by atoms with Gasteiger partial charge in [0.15, 0.2) is 11.0 Å². The highest BCUT2D eigenvalue weighted by Crippen LogP contribution is 2.23. The smallest absolute Gasteiger partial charge is 0.251 e. The SMILES string of the molecule is Cc1ccc(NC(=O)CSc2nnc([C@H](C)NC(=O)c3ccc(Cl)c(Cl)c3)n2C)cc1. The van der Waals surface area contributed by atoms with Crippen molar-refractivity contribution in [1.82, 2.24) is 20.1 Å². The van der Waals surface area contributed by atoms with E-state index in [0.29, 0.717) is 26.6 Å². The summed E-state index contributed by atoms with van der Waals surface area (Å²) in [6.45, 7) is 3.79. The third kappa shape index (κ3) is 6.00. The van der Waals surface area contributed by atoms with Crippen LogP contribution in [-0.2, 0) is 11.8 Å². The number of carbonyl (C=O) groups excluding carboxylic acids is 2. The van der Waals surface area contributed by atoms with Crippen LogP contribution < -0.4 is 10.6 Å². The molecular weight excluding hydrogens is 457 g/mol. The molecule has 2 N–H and O–H groups in total. The van der Waals surface area contributed by atoms with E-state index in [9.17, 15) is 9.59 Å². The lowest BCUT2D eigenvalue weighted by atomic mass is 10.2. The fourth-order valence-corrected chi connectivity index (χ4v) is 3.79. The van der Waals surface area contributed by atoms with Gasteiger partial charge < -0.3 is 15.2 Å². The lowest BCUT2D eigenvalue weighted by molar-refractivity contribution is -0.113. The Morgan fingerprint density at radius 1 is 1.10 bits per heavy atom. The van der Waals surface area contributed by atoms with E-state index in [1.807, 2.05) is 31.2 Å². The number of hydrogen-bond donors (Lipinski definition) is 2. The third-order valence-corrected chi connectivity index (χ3v) is 6.21. The average molecular weight is 478 g/mol. The van der Waals surface area contributed by atoms with E-state index in [-0.39, 0.29) is 17.6 Å². The number of hydrogen-bond acceptors (Lipinski definition) is 5. The molecule has 0 bridgehead atoms. The second-order valence-corrected chi connectivity index (χ2v) is 8.68. The number of carbonyl (C=O) groups is 2. The number of amides is 2. The first-order valence-corrected chi connectivity index (χ1v) is 11.1. The Balaban J connectivity index is 1.58. The molecule has 0 spiro atoms. The number of aromatic nitrogens is 3. The van der Waals surface area contributed by atoms with Gasteiger partial charge in [-0.2, -0.15) is 0 Å². The van der Waals surface area contributed by atoms with Gasteiger partial charge in [-0.15, -0.1) is 10.2 Å². The summed E-state index contributed by atoms with van der Waals surface area (Å²) in [5, 5.41) is 15.3. The standard InChI is InChI=1S/C21H21Cl2N5O2S/c1-12-4-7-15(8-5-12)25-18(29)11-31-21-27-26-19(28(21)3)13(2)24-20(30)14-6-9-16(22)17(23)10-14/h4-10,13H,11H2,1-3H3,(H,24,30)(H,25,29)/t13-/m0/s1. The Hall–Kier alpha value is -2.55. The van der Waals surface area contributed by atoms with Crippen molar-refractivity contribution in [2.45, 2.75) is 25.0 Å². The van der Waals surface area contributed by atoms with Gasteiger partial charge in [-0.25, -0.2) is 0 Å². The van der Waals surface area contributed by atoms with Gasteiger partial charge >= 0.3 is 0 Å². The maximum Gasteiger partial charge on any atom is 0.251 e. The Morgan fingerprint density at radius 2 is 1.81 bits per heavy atom. The van der Waals surface area contributed by atoms with Crippen LogP contribution in [0.5, 0.6) is 0 Å². The van der Waals surface area contributed by atoms with Crippen LogP contribution in [0.25, 0.3) is 0 Å². The number of aryl methyl sites for hydroxylation is 1. The van der Waals surface area contributed by atoms with Gasteiger partial charge in [0.2, 0.25) is 5.91 Å². The molecule has 0 saturated carbocycles. The number of benzene rings is 2. The minimum absolute atomic E-state index is 0.139. The van der Waals surface area contributed by atoms with E-state index >= 15 is 0 Å². The van der Waals surface area contributed by atoms with Crippen LogP contribution in [0, 0.1) is 6.92 Å². The third-order valence-electron chi connectivity index (χ3n) is 4.45. The van der Waals surface area contributed by atoms with Crippen molar-refractivity contribution in [1.29, 1.82) is 0 Å². The summed E-state index contributed by atoms with van der Waals surface area (Å²) in [7, 11) is 1.79. The fourth-order valence-electron chi connectivity index (χ4n) is 2.77. The van der Waals surface area contributed by atoms with E-state index in [4.69, 9.17) is 23.2 Å². The summed E-state index contributed by atoms with van der Waals surface area (Å²) in [5.41, 5.74) is 2.26. The minimum Gasteiger partial charge on any atom is -0.342 e. The molecule has 31 heavy (non-hydrogen) atoms. The number of thioether (sulfide) groups is 1. The normalized spacial score (nSPS) is 11.8. The van der Waals surface area contributed by atoms with Gasteiger partial charge in [0.25, 0.3) is 5.91 Å². The largest absolute Gasteiger partial charge is 0.342 e. The van der Waals surface area contributed by atoms with Crippen LogP contribution in [0.15, 0.2) is 47.6 Å². The first-order valence-electron chi connectivity index (χ1n) is 9.39. The molecule has 0 fully saturated rings. The molecule has 10 heteroatoms. The van der Waals surface area contributed by atoms with E-state index in [2.05, 4.69) is 20.8 Å². The number of halogens is 2. The van der Waals surface area contributed by atoms with Crippen LogP contribution in [0.3, 0.4) is 0 Å². The van der Waals surface area contributed by atoms with Crippen LogP contribution in [0.4, 0.5) is 5.69 Å². The number of nitrogens with zero attached hydrogens (tertiary/aromatic N) is 3. The molecule has 0 aliphatic carbocycles. The van der Waals surface area contributed by atoms with E-state index in [1.54, 1.807) is 30.7 Å². The zero-order valence-electron chi connectivity index (χ0n) is 17.1. The van der Waals surface area contributed by atoms with E-state index in [0.717, 1.165) is 11.3 Å². The average Bonchev–Trinajstić information content (AvgIpc) is 3.10. The molecule has 3 rings (SSSR count). The van der Waals surface area contributed by atoms with Gasteiger partial charge in [-0.1, -0.05) is 52.7 Å². The van der Waals surface area contributed by atoms with Crippen LogP contribution in [0.1, 0.15) is 34.7 Å². The Kier molecular flexibility index (Phi) is 7.59. The van der Waals surface area contributed by atoms with Crippen LogP contribution in [-0.4, -0.2) is 32.3 Å². The van der Waals surface area contributed by atoms with Crippen molar-refractivity contribution in [3.8, 4) is 0 Å². The number of anilines is 1. The molecule has 0 unspecified atom stereocenters. The minimum atomic E-state index is -0.407. The topological polar surface area (TPSA) is 88.9 Å². The first-order chi connectivity index (χ1) is 14.7. The van der Waals surface area contributed by atoms with Gasteiger partial charge in [0.05, 0.1) is 21.8 Å². The summed E-state index contributed by atoms with van der Waals surface area (Å²) in [5.74, 6) is 0.305. The summed E-state index contributed by atoms with van der Waals surface area (Å²) in [6, 6.07) is 11.9. The maximum atomic E-state index is 12.5. The lowest BCUT2D eigenvalue weighted by Crippen LogP contribution is -2.28. The second-order valence-electron chi connectivity index (χ2n) is 6.93. The zero-order chi connectivity index (χ0) is 22.5. The molecule has 2 aromatic carbocycles. The van der Waals surface area contributed by atoms with Crippen molar-refractivity contribution in [3.05, 3.63) is 69.5 Å². The van der Waals surface area contributed by atoms with Crippen LogP contribution in [0.2, 0.25) is 10.0 Å². The molecule has 162 valence electrons. The molecule has 0 aliphatic heterocycles. The highest BCUT2D eigenvalue weighted by Gasteiger charge is 2.19. The van der Waals surface area contributed by atoms with Crippen molar-refractivity contribution < 1.29 is 9.59 Å². The zero-order valence-corrected chi connectivity index (χ0v) is 19.5. The molecule has 1 heterocycles. The van der Waals surface area contributed by atoms with Crippen molar-refractivity contribution in [2.24, 2.45) is 7.05 Å². The lowest BCUT2D eigenvalue weighted by Gasteiger charge is -2.14. The predicted molar refractivity (Wildman–Crippen MR) is 124 cm³/mol. The number of rotatable bonds is 7. The Labute approximate surface area is 194 Å². The number of nitrogens with one attached hydrogen (secondary N) is 2. The second kappa shape index (κ2) is 10.2. The van der Waals surface area contributed by atoms with E-state index < -0.39 is 6.04 Å². The predicted octanol–water partition coefficient (Wildman–Crippen LogP) is 4.65. The fraction of sp³-hybridized carbons (Fsp3) is 0.238. The first kappa shape index (κ1) is 23.1. The summed E-state index contributed by atoms with van der Waals surface area (Å²) < 4.78 is 1.75.